The first-order valence-corrected chi connectivity index (χ1v) is 6.94. The fourth-order valence-electron chi connectivity index (χ4n) is 2.59. The molecule has 2 nitrogen and oxygen atoms in total. The lowest BCUT2D eigenvalue weighted by molar-refractivity contribution is 0.274. The molecule has 2 heterocycles. The smallest absolute Gasteiger partial charge is 0.0410 e. The molecule has 3 rings (SSSR count). The van der Waals surface area contributed by atoms with Gasteiger partial charge in [-0.25, -0.2) is 0 Å². The van der Waals surface area contributed by atoms with Gasteiger partial charge in [-0.05, 0) is 39.5 Å². The molecule has 1 N–H and O–H groups in total. The summed E-state index contributed by atoms with van der Waals surface area (Å²) in [4.78, 5) is 4.25. The number of pyridine rings is 1. The SMILES string of the molecule is Brc1cncc(CC2(c3ccccc3)CNC2)c1. The predicted octanol–water partition coefficient (Wildman–Crippen LogP) is 2.93. The molecule has 0 bridgehead atoms. The summed E-state index contributed by atoms with van der Waals surface area (Å²) in [5.74, 6) is 0. The number of nitrogens with zero attached hydrogens (tertiary/aromatic N) is 1. The van der Waals surface area contributed by atoms with E-state index >= 15 is 0 Å². The Bertz CT molecular complexity index is 535. The van der Waals surface area contributed by atoms with E-state index in [1.807, 2.05) is 12.4 Å². The van der Waals surface area contributed by atoms with Gasteiger partial charge in [-0.3, -0.25) is 4.98 Å². The molecule has 3 heteroatoms. The highest BCUT2D eigenvalue weighted by molar-refractivity contribution is 9.10. The molecule has 0 atom stereocenters. The maximum absolute atomic E-state index is 4.25. The van der Waals surface area contributed by atoms with E-state index in [0.29, 0.717) is 0 Å². The van der Waals surface area contributed by atoms with Crippen molar-refractivity contribution in [3.8, 4) is 0 Å². The zero-order chi connectivity index (χ0) is 12.4. The second kappa shape index (κ2) is 4.82. The Balaban J connectivity index is 1.89. The average molecular weight is 303 g/mol. The fraction of sp³-hybridized carbons (Fsp3) is 0.267. The number of benzene rings is 1. The average Bonchev–Trinajstić information content (AvgIpc) is 2.35. The van der Waals surface area contributed by atoms with Crippen molar-refractivity contribution in [3.63, 3.8) is 0 Å². The summed E-state index contributed by atoms with van der Waals surface area (Å²) in [5, 5.41) is 3.40. The molecule has 1 aliphatic rings. The summed E-state index contributed by atoms with van der Waals surface area (Å²) >= 11 is 3.49. The number of rotatable bonds is 3. The predicted molar refractivity (Wildman–Crippen MR) is 76.6 cm³/mol. The van der Waals surface area contributed by atoms with Gasteiger partial charge in [0.05, 0.1) is 0 Å². The van der Waals surface area contributed by atoms with Crippen LogP contribution in [0.3, 0.4) is 0 Å². The fourth-order valence-corrected chi connectivity index (χ4v) is 3.01. The first-order valence-electron chi connectivity index (χ1n) is 6.14. The molecule has 92 valence electrons. The highest BCUT2D eigenvalue weighted by atomic mass is 79.9. The Kier molecular flexibility index (Phi) is 3.18. The molecule has 0 spiro atoms. The van der Waals surface area contributed by atoms with Crippen molar-refractivity contribution in [2.24, 2.45) is 0 Å². The van der Waals surface area contributed by atoms with E-state index in [1.54, 1.807) is 0 Å². The van der Waals surface area contributed by atoms with Crippen molar-refractivity contribution >= 4 is 15.9 Å². The maximum Gasteiger partial charge on any atom is 0.0410 e. The molecule has 1 fully saturated rings. The molecule has 2 aromatic rings. The van der Waals surface area contributed by atoms with Crippen molar-refractivity contribution < 1.29 is 0 Å². The van der Waals surface area contributed by atoms with Crippen LogP contribution in [0.4, 0.5) is 0 Å². The molecule has 0 radical (unpaired) electrons. The van der Waals surface area contributed by atoms with Gasteiger partial charge in [-0.1, -0.05) is 30.3 Å². The number of hydrogen-bond donors (Lipinski definition) is 1. The summed E-state index contributed by atoms with van der Waals surface area (Å²) in [6.07, 6.45) is 4.84. The van der Waals surface area contributed by atoms with Gasteiger partial charge in [0.1, 0.15) is 0 Å². The first kappa shape index (κ1) is 11.9. The standard InChI is InChI=1S/C15H15BrN2/c16-14-6-12(8-17-9-14)7-15(10-18-11-15)13-4-2-1-3-5-13/h1-6,8-9,18H,7,10-11H2. The molecule has 1 aliphatic heterocycles. The molecular formula is C15H15BrN2. The highest BCUT2D eigenvalue weighted by Gasteiger charge is 2.38. The van der Waals surface area contributed by atoms with Gasteiger partial charge < -0.3 is 5.32 Å². The third kappa shape index (κ3) is 2.20. The van der Waals surface area contributed by atoms with Crippen LogP contribution in [0.15, 0.2) is 53.3 Å². The van der Waals surface area contributed by atoms with Crippen molar-refractivity contribution in [1.82, 2.24) is 10.3 Å². The molecule has 18 heavy (non-hydrogen) atoms. The minimum Gasteiger partial charge on any atom is -0.315 e. The van der Waals surface area contributed by atoms with Gasteiger partial charge in [0.15, 0.2) is 0 Å². The second-order valence-corrected chi connectivity index (χ2v) is 5.85. The number of halogens is 1. The summed E-state index contributed by atoms with van der Waals surface area (Å²) in [6, 6.07) is 12.9. The Labute approximate surface area is 116 Å². The topological polar surface area (TPSA) is 24.9 Å². The molecule has 1 aromatic carbocycles. The van der Waals surface area contributed by atoms with E-state index in [1.165, 1.54) is 11.1 Å². The molecule has 0 saturated carbocycles. The van der Waals surface area contributed by atoms with Crippen LogP contribution in [-0.4, -0.2) is 18.1 Å². The monoisotopic (exact) mass is 302 g/mol. The van der Waals surface area contributed by atoms with E-state index in [-0.39, 0.29) is 5.41 Å². The second-order valence-electron chi connectivity index (χ2n) is 4.94. The van der Waals surface area contributed by atoms with Gasteiger partial charge in [0.25, 0.3) is 0 Å². The zero-order valence-electron chi connectivity index (χ0n) is 10.1. The Morgan fingerprint density at radius 3 is 2.56 bits per heavy atom. The van der Waals surface area contributed by atoms with Crippen molar-refractivity contribution in [2.75, 3.05) is 13.1 Å². The number of nitrogens with one attached hydrogen (secondary N) is 1. The zero-order valence-corrected chi connectivity index (χ0v) is 11.7. The Morgan fingerprint density at radius 1 is 1.17 bits per heavy atom. The number of hydrogen-bond acceptors (Lipinski definition) is 2. The van der Waals surface area contributed by atoms with Crippen LogP contribution < -0.4 is 5.32 Å². The Morgan fingerprint density at radius 2 is 1.94 bits per heavy atom. The quantitative estimate of drug-likeness (QED) is 0.943. The van der Waals surface area contributed by atoms with Crippen LogP contribution in [0, 0.1) is 0 Å². The summed E-state index contributed by atoms with van der Waals surface area (Å²) in [5.41, 5.74) is 2.95. The van der Waals surface area contributed by atoms with Crippen molar-refractivity contribution in [3.05, 3.63) is 64.4 Å². The molecule has 0 amide bonds. The van der Waals surface area contributed by atoms with E-state index in [4.69, 9.17) is 0 Å². The van der Waals surface area contributed by atoms with Gasteiger partial charge in [0, 0.05) is 35.4 Å². The minimum atomic E-state index is 0.240. The van der Waals surface area contributed by atoms with Crippen LogP contribution >= 0.6 is 15.9 Å². The summed E-state index contributed by atoms with van der Waals surface area (Å²) in [6.45, 7) is 2.09. The lowest BCUT2D eigenvalue weighted by atomic mass is 9.71. The van der Waals surface area contributed by atoms with E-state index in [2.05, 4.69) is 62.6 Å². The molecular weight excluding hydrogens is 288 g/mol. The lowest BCUT2D eigenvalue weighted by Crippen LogP contribution is -2.58. The molecule has 1 aromatic heterocycles. The van der Waals surface area contributed by atoms with Crippen LogP contribution in [0.2, 0.25) is 0 Å². The molecule has 0 aliphatic carbocycles. The third-order valence-electron chi connectivity index (χ3n) is 3.62. The lowest BCUT2D eigenvalue weighted by Gasteiger charge is -2.43. The van der Waals surface area contributed by atoms with E-state index in [9.17, 15) is 0 Å². The van der Waals surface area contributed by atoms with Crippen LogP contribution in [0.5, 0.6) is 0 Å². The largest absolute Gasteiger partial charge is 0.315 e. The number of aromatic nitrogens is 1. The normalized spacial score (nSPS) is 17.2. The first-order chi connectivity index (χ1) is 8.78. The highest BCUT2D eigenvalue weighted by Crippen LogP contribution is 2.32. The van der Waals surface area contributed by atoms with Gasteiger partial charge in [-0.15, -0.1) is 0 Å². The third-order valence-corrected chi connectivity index (χ3v) is 4.05. The van der Waals surface area contributed by atoms with Gasteiger partial charge in [-0.2, -0.15) is 0 Å². The van der Waals surface area contributed by atoms with Crippen LogP contribution in [-0.2, 0) is 11.8 Å². The van der Waals surface area contributed by atoms with E-state index in [0.717, 1.165) is 24.0 Å². The minimum absolute atomic E-state index is 0.240. The summed E-state index contributed by atoms with van der Waals surface area (Å²) in [7, 11) is 0. The van der Waals surface area contributed by atoms with Gasteiger partial charge >= 0.3 is 0 Å². The Hall–Kier alpha value is -1.19. The molecule has 0 unspecified atom stereocenters. The van der Waals surface area contributed by atoms with Crippen LogP contribution in [0.25, 0.3) is 0 Å². The van der Waals surface area contributed by atoms with Crippen molar-refractivity contribution in [1.29, 1.82) is 0 Å². The van der Waals surface area contributed by atoms with Gasteiger partial charge in [0.2, 0.25) is 0 Å². The maximum atomic E-state index is 4.25. The summed E-state index contributed by atoms with van der Waals surface area (Å²) < 4.78 is 1.05. The van der Waals surface area contributed by atoms with Crippen molar-refractivity contribution in [2.45, 2.75) is 11.8 Å². The van der Waals surface area contributed by atoms with E-state index < -0.39 is 0 Å². The van der Waals surface area contributed by atoms with Crippen LogP contribution in [0.1, 0.15) is 11.1 Å². The molecule has 1 saturated heterocycles.